The molecular weight excluding hydrogens is 404 g/mol. The van der Waals surface area contributed by atoms with Crippen LogP contribution in [0.4, 0.5) is 5.69 Å². The average Bonchev–Trinajstić information content (AvgIpc) is 3.24. The van der Waals surface area contributed by atoms with Crippen molar-refractivity contribution in [1.82, 2.24) is 5.32 Å². The summed E-state index contributed by atoms with van der Waals surface area (Å²) in [6.45, 7) is 2.04. The van der Waals surface area contributed by atoms with Gasteiger partial charge in [-0.15, -0.1) is 0 Å². The number of carboxylic acids is 1. The maximum atomic E-state index is 12.4. The summed E-state index contributed by atoms with van der Waals surface area (Å²) in [6, 6.07) is 15.3. The molecule has 0 aliphatic rings. The lowest BCUT2D eigenvalue weighted by molar-refractivity contribution is 0.0663. The second-order valence-electron chi connectivity index (χ2n) is 6.34. The summed E-state index contributed by atoms with van der Waals surface area (Å²) < 4.78 is 10.7. The highest BCUT2D eigenvalue weighted by molar-refractivity contribution is 7.80. The van der Waals surface area contributed by atoms with Crippen molar-refractivity contribution >= 4 is 34.9 Å². The molecule has 0 aliphatic heterocycles. The van der Waals surface area contributed by atoms with Gasteiger partial charge in [-0.05, 0) is 66.7 Å². The van der Waals surface area contributed by atoms with Crippen molar-refractivity contribution in [1.29, 1.82) is 0 Å². The molecular formula is C22H20N2O5S. The van der Waals surface area contributed by atoms with Gasteiger partial charge in [0.15, 0.2) is 5.11 Å². The lowest BCUT2D eigenvalue weighted by Gasteiger charge is -2.14. The third kappa shape index (κ3) is 4.84. The van der Waals surface area contributed by atoms with Crippen molar-refractivity contribution in [2.24, 2.45) is 0 Å². The van der Waals surface area contributed by atoms with Crippen LogP contribution < -0.4 is 15.4 Å². The van der Waals surface area contributed by atoms with Gasteiger partial charge in [-0.25, -0.2) is 4.79 Å². The van der Waals surface area contributed by atoms with Gasteiger partial charge >= 0.3 is 5.97 Å². The number of aryl methyl sites for hydroxylation is 1. The fraction of sp³-hybridized carbons (Fsp3) is 0.136. The second-order valence-corrected chi connectivity index (χ2v) is 6.75. The Morgan fingerprint density at radius 1 is 1.10 bits per heavy atom. The fourth-order valence-corrected chi connectivity index (χ4v) is 2.99. The van der Waals surface area contributed by atoms with Gasteiger partial charge in [0.1, 0.15) is 11.5 Å². The molecule has 0 saturated heterocycles. The second kappa shape index (κ2) is 9.23. The van der Waals surface area contributed by atoms with E-state index in [-0.39, 0.29) is 16.8 Å². The molecule has 0 atom stereocenters. The largest absolute Gasteiger partial charge is 0.495 e. The number of methoxy groups -OCH3 is 1. The van der Waals surface area contributed by atoms with Crippen molar-refractivity contribution in [3.8, 4) is 17.1 Å². The molecule has 0 radical (unpaired) electrons. The van der Waals surface area contributed by atoms with Crippen LogP contribution in [0.5, 0.6) is 5.75 Å². The normalized spacial score (nSPS) is 10.3. The Labute approximate surface area is 178 Å². The summed E-state index contributed by atoms with van der Waals surface area (Å²) in [4.78, 5) is 23.4. The average molecular weight is 424 g/mol. The topological polar surface area (TPSA) is 101 Å². The Morgan fingerprint density at radius 3 is 2.43 bits per heavy atom. The van der Waals surface area contributed by atoms with Crippen molar-refractivity contribution in [2.75, 3.05) is 12.4 Å². The van der Waals surface area contributed by atoms with Crippen LogP contribution in [0.2, 0.25) is 0 Å². The molecule has 30 heavy (non-hydrogen) atoms. The smallest absolute Gasteiger partial charge is 0.371 e. The van der Waals surface area contributed by atoms with Gasteiger partial charge in [-0.3, -0.25) is 10.1 Å². The molecule has 0 aliphatic carbocycles. The number of rotatable bonds is 6. The first-order chi connectivity index (χ1) is 14.4. The van der Waals surface area contributed by atoms with Gasteiger partial charge in [-0.1, -0.05) is 19.1 Å². The van der Waals surface area contributed by atoms with Crippen molar-refractivity contribution < 1.29 is 23.8 Å². The third-order valence-corrected chi connectivity index (χ3v) is 4.60. The van der Waals surface area contributed by atoms with E-state index in [1.165, 1.54) is 13.2 Å². The number of nitrogens with one attached hydrogen (secondary N) is 2. The third-order valence-electron chi connectivity index (χ3n) is 4.40. The van der Waals surface area contributed by atoms with Crippen LogP contribution in [0.1, 0.15) is 33.4 Å². The van der Waals surface area contributed by atoms with Crippen LogP contribution in [0, 0.1) is 0 Å². The lowest BCUT2D eigenvalue weighted by Crippen LogP contribution is -2.34. The number of amides is 1. The molecule has 7 nitrogen and oxygen atoms in total. The highest BCUT2D eigenvalue weighted by Crippen LogP contribution is 2.31. The number of furan rings is 1. The first-order valence-electron chi connectivity index (χ1n) is 9.14. The van der Waals surface area contributed by atoms with E-state index < -0.39 is 5.97 Å². The molecule has 3 rings (SSSR count). The Hall–Kier alpha value is -3.65. The molecule has 0 bridgehead atoms. The van der Waals surface area contributed by atoms with Gasteiger partial charge in [0.2, 0.25) is 5.76 Å². The number of benzene rings is 2. The predicted octanol–water partition coefficient (Wildman–Crippen LogP) is 4.34. The number of carbonyl (C=O) groups excluding carboxylic acids is 1. The fourth-order valence-electron chi connectivity index (χ4n) is 2.79. The van der Waals surface area contributed by atoms with Gasteiger partial charge in [0, 0.05) is 11.1 Å². The zero-order valence-corrected chi connectivity index (χ0v) is 17.2. The quantitative estimate of drug-likeness (QED) is 0.506. The number of hydrogen-bond donors (Lipinski definition) is 3. The Balaban J connectivity index is 1.75. The Morgan fingerprint density at radius 2 is 1.83 bits per heavy atom. The number of carbonyl (C=O) groups is 2. The summed E-state index contributed by atoms with van der Waals surface area (Å²) in [5, 5.41) is 14.7. The van der Waals surface area contributed by atoms with E-state index in [1.807, 2.05) is 19.1 Å². The van der Waals surface area contributed by atoms with E-state index in [4.69, 9.17) is 26.5 Å². The maximum absolute atomic E-state index is 12.4. The molecule has 1 heterocycles. The van der Waals surface area contributed by atoms with E-state index in [0.717, 1.165) is 12.0 Å². The maximum Gasteiger partial charge on any atom is 0.371 e. The Kier molecular flexibility index (Phi) is 6.48. The molecule has 3 N–H and O–H groups in total. The van der Waals surface area contributed by atoms with Crippen LogP contribution >= 0.6 is 12.2 Å². The van der Waals surface area contributed by atoms with Gasteiger partial charge in [0.25, 0.3) is 5.91 Å². The highest BCUT2D eigenvalue weighted by atomic mass is 32.1. The molecule has 0 spiro atoms. The minimum absolute atomic E-state index is 0.0979. The van der Waals surface area contributed by atoms with Crippen LogP contribution in [0.25, 0.3) is 11.3 Å². The minimum atomic E-state index is -1.15. The molecule has 1 amide bonds. The van der Waals surface area contributed by atoms with Crippen molar-refractivity contribution in [3.63, 3.8) is 0 Å². The first kappa shape index (κ1) is 21.1. The molecule has 0 saturated carbocycles. The summed E-state index contributed by atoms with van der Waals surface area (Å²) in [6.07, 6.45) is 0.891. The van der Waals surface area contributed by atoms with Crippen LogP contribution in [0.15, 0.2) is 59.0 Å². The number of carboxylic acid groups (broad SMARTS) is 1. The molecule has 0 fully saturated rings. The summed E-state index contributed by atoms with van der Waals surface area (Å²) >= 11 is 5.27. The zero-order chi connectivity index (χ0) is 21.7. The SMILES string of the molecule is CCc1ccc(C(=O)NC(=S)Nc2cc(-c3ccc(C(=O)O)o3)ccc2OC)cc1. The summed E-state index contributed by atoms with van der Waals surface area (Å²) in [5.74, 6) is -0.768. The molecule has 2 aromatic carbocycles. The number of thiocarbonyl (C=S) groups is 1. The molecule has 0 unspecified atom stereocenters. The van der Waals surface area contributed by atoms with Crippen molar-refractivity contribution in [2.45, 2.75) is 13.3 Å². The van der Waals surface area contributed by atoms with Gasteiger partial charge in [-0.2, -0.15) is 0 Å². The number of aromatic carboxylic acids is 1. The van der Waals surface area contributed by atoms with E-state index in [9.17, 15) is 9.59 Å². The number of anilines is 1. The standard InChI is InChI=1S/C22H20N2O5S/c1-3-13-4-6-14(7-5-13)20(25)24-22(30)23-16-12-15(8-9-18(16)28-2)17-10-11-19(29-17)21(26)27/h4-12H,3H2,1-2H3,(H,26,27)(H2,23,24,25,30). The number of ether oxygens (including phenoxy) is 1. The van der Waals surface area contributed by atoms with Crippen LogP contribution in [-0.2, 0) is 6.42 Å². The molecule has 154 valence electrons. The lowest BCUT2D eigenvalue weighted by atomic mass is 10.1. The van der Waals surface area contributed by atoms with E-state index >= 15 is 0 Å². The molecule has 3 aromatic rings. The zero-order valence-electron chi connectivity index (χ0n) is 16.4. The summed E-state index contributed by atoms with van der Waals surface area (Å²) in [5.41, 5.74) is 2.75. The van der Waals surface area contributed by atoms with Crippen LogP contribution in [0.3, 0.4) is 0 Å². The van der Waals surface area contributed by atoms with Crippen molar-refractivity contribution in [3.05, 3.63) is 71.5 Å². The minimum Gasteiger partial charge on any atom is -0.495 e. The van der Waals surface area contributed by atoms with Gasteiger partial charge < -0.3 is 19.6 Å². The molecule has 1 aromatic heterocycles. The Bertz CT molecular complexity index is 1090. The monoisotopic (exact) mass is 424 g/mol. The van der Waals surface area contributed by atoms with E-state index in [1.54, 1.807) is 36.4 Å². The first-order valence-corrected chi connectivity index (χ1v) is 9.55. The molecule has 8 heteroatoms. The van der Waals surface area contributed by atoms with E-state index in [0.29, 0.717) is 28.3 Å². The predicted molar refractivity (Wildman–Crippen MR) is 117 cm³/mol. The number of hydrogen-bond acceptors (Lipinski definition) is 5. The highest BCUT2D eigenvalue weighted by Gasteiger charge is 2.14. The van der Waals surface area contributed by atoms with Crippen LogP contribution in [-0.4, -0.2) is 29.2 Å². The van der Waals surface area contributed by atoms with E-state index in [2.05, 4.69) is 10.6 Å². The van der Waals surface area contributed by atoms with Gasteiger partial charge in [0.05, 0.1) is 12.8 Å². The summed E-state index contributed by atoms with van der Waals surface area (Å²) in [7, 11) is 1.51.